The summed E-state index contributed by atoms with van der Waals surface area (Å²) in [7, 11) is 0. The van der Waals surface area contributed by atoms with Crippen molar-refractivity contribution in [2.75, 3.05) is 5.32 Å². The number of H-pyrrole nitrogens is 1. The maximum absolute atomic E-state index is 13.4. The van der Waals surface area contributed by atoms with Crippen molar-refractivity contribution in [3.8, 4) is 0 Å². The van der Waals surface area contributed by atoms with Crippen LogP contribution in [-0.4, -0.2) is 20.1 Å². The molecule has 0 saturated heterocycles. The van der Waals surface area contributed by atoms with Crippen molar-refractivity contribution in [1.29, 1.82) is 0 Å². The van der Waals surface area contributed by atoms with Crippen LogP contribution >= 0.6 is 0 Å². The summed E-state index contributed by atoms with van der Waals surface area (Å²) in [4.78, 5) is 11.1. The molecule has 11 heteroatoms. The highest BCUT2D eigenvalue weighted by atomic mass is 19.4. The second-order valence-electron chi connectivity index (χ2n) is 5.43. The zero-order valence-electron chi connectivity index (χ0n) is 13.0. The van der Waals surface area contributed by atoms with E-state index < -0.39 is 23.6 Å². The first kappa shape index (κ1) is 17.0. The van der Waals surface area contributed by atoms with E-state index in [1.165, 1.54) is 16.6 Å². The van der Waals surface area contributed by atoms with Crippen molar-refractivity contribution in [2.24, 2.45) is 0 Å². The van der Waals surface area contributed by atoms with Gasteiger partial charge in [0.2, 0.25) is 5.82 Å². The molecule has 0 aliphatic rings. The van der Waals surface area contributed by atoms with Crippen molar-refractivity contribution in [3.05, 3.63) is 41.6 Å². The quantitative estimate of drug-likeness (QED) is 0.557. The molecule has 0 aromatic carbocycles. The van der Waals surface area contributed by atoms with Gasteiger partial charge < -0.3 is 0 Å². The van der Waals surface area contributed by atoms with Crippen LogP contribution in [0.5, 0.6) is 0 Å². The van der Waals surface area contributed by atoms with Gasteiger partial charge in [-0.3, -0.25) is 5.32 Å². The Balaban J connectivity index is 1.99. The first-order valence-electron chi connectivity index (χ1n) is 7.02. The fourth-order valence-corrected chi connectivity index (χ4v) is 2.10. The minimum Gasteiger partial charge on any atom is -0.287 e. The van der Waals surface area contributed by atoms with Crippen LogP contribution in [0, 0.1) is 6.92 Å². The molecule has 25 heavy (non-hydrogen) atoms. The summed E-state index contributed by atoms with van der Waals surface area (Å²) in [5.41, 5.74) is -0.303. The predicted molar refractivity (Wildman–Crippen MR) is 76.4 cm³/mol. The molecule has 0 unspecified atom stereocenters. The highest BCUT2D eigenvalue weighted by molar-refractivity contribution is 5.53. The second-order valence-corrected chi connectivity index (χ2v) is 5.43. The van der Waals surface area contributed by atoms with E-state index >= 15 is 0 Å². The Morgan fingerprint density at radius 1 is 1.12 bits per heavy atom. The van der Waals surface area contributed by atoms with E-state index in [1.807, 2.05) is 0 Å². The number of rotatable bonds is 3. The molecule has 132 valence electrons. The molecular weight excluding hydrogens is 347 g/mol. The Kier molecular flexibility index (Phi) is 3.81. The first-order valence-corrected chi connectivity index (χ1v) is 7.02. The molecule has 0 spiro atoms. The number of halogens is 5. The van der Waals surface area contributed by atoms with Crippen LogP contribution < -0.4 is 9.83 Å². The van der Waals surface area contributed by atoms with Gasteiger partial charge in [0.25, 0.3) is 5.82 Å². The molecule has 0 radical (unpaired) electrons. The van der Waals surface area contributed by atoms with Gasteiger partial charge in [0, 0.05) is 13.0 Å². The van der Waals surface area contributed by atoms with E-state index in [-0.39, 0.29) is 17.3 Å². The summed E-state index contributed by atoms with van der Waals surface area (Å²) in [6, 6.07) is 3.53. The molecule has 2 N–H and O–H groups in total. The number of anilines is 2. The van der Waals surface area contributed by atoms with Crippen molar-refractivity contribution >= 4 is 17.3 Å². The third kappa shape index (κ3) is 3.49. The summed E-state index contributed by atoms with van der Waals surface area (Å²) in [5.74, 6) is -3.51. The number of hydrogen-bond donors (Lipinski definition) is 2. The average Bonchev–Trinajstić information content (AvgIpc) is 2.91. The Labute approximate surface area is 137 Å². The van der Waals surface area contributed by atoms with Crippen molar-refractivity contribution in [3.63, 3.8) is 0 Å². The molecule has 0 atom stereocenters. The Bertz CT molecular complexity index is 910. The zero-order chi connectivity index (χ0) is 18.4. The fraction of sp³-hybridized carbons (Fsp3) is 0.286. The number of aromatic amines is 1. The van der Waals surface area contributed by atoms with Crippen LogP contribution in [0.2, 0.25) is 0 Å². The van der Waals surface area contributed by atoms with E-state index in [0.717, 1.165) is 12.3 Å². The van der Waals surface area contributed by atoms with Crippen LogP contribution in [0.3, 0.4) is 0 Å². The number of nitrogens with one attached hydrogen (secondary N) is 2. The Hall–Kier alpha value is -2.85. The number of aromatic nitrogens is 5. The van der Waals surface area contributed by atoms with Crippen LogP contribution in [0.1, 0.15) is 24.1 Å². The van der Waals surface area contributed by atoms with Gasteiger partial charge in [-0.25, -0.2) is 10.1 Å². The summed E-state index contributed by atoms with van der Waals surface area (Å²) < 4.78 is 65.7. The monoisotopic (exact) mass is 359 g/mol. The van der Waals surface area contributed by atoms with Gasteiger partial charge in [0.1, 0.15) is 17.1 Å². The molecule has 3 heterocycles. The summed E-state index contributed by atoms with van der Waals surface area (Å²) in [6.07, 6.45) is -3.55. The predicted octanol–water partition coefficient (Wildman–Crippen LogP) is 3.12. The minimum absolute atomic E-state index is 0.00102. The normalized spacial score (nSPS) is 12.6. The van der Waals surface area contributed by atoms with E-state index in [1.54, 1.807) is 6.92 Å². The zero-order valence-corrected chi connectivity index (χ0v) is 13.0. The van der Waals surface area contributed by atoms with Crippen molar-refractivity contribution in [1.82, 2.24) is 20.1 Å². The maximum Gasteiger partial charge on any atom is 0.433 e. The van der Waals surface area contributed by atoms with Gasteiger partial charge in [-0.05, 0) is 19.1 Å². The highest BCUT2D eigenvalue weighted by Gasteiger charge is 2.34. The van der Waals surface area contributed by atoms with E-state index in [0.29, 0.717) is 12.6 Å². The lowest BCUT2D eigenvalue weighted by molar-refractivity contribution is -0.566. The molecule has 0 bridgehead atoms. The van der Waals surface area contributed by atoms with Crippen LogP contribution in [0.15, 0.2) is 24.4 Å². The number of hydrogen-bond acceptors (Lipinski definition) is 4. The molecule has 0 fully saturated rings. The number of nitrogens with zero attached hydrogens (tertiary/aromatic N) is 4. The number of aryl methyl sites for hydroxylation is 1. The third-order valence-corrected chi connectivity index (χ3v) is 3.23. The smallest absolute Gasteiger partial charge is 0.287 e. The van der Waals surface area contributed by atoms with Gasteiger partial charge in [0.05, 0.1) is 6.20 Å². The lowest BCUT2D eigenvalue weighted by Gasteiger charge is -2.07. The highest BCUT2D eigenvalue weighted by Crippen LogP contribution is 2.28. The summed E-state index contributed by atoms with van der Waals surface area (Å²) in [5, 5.41) is 5.23. The third-order valence-electron chi connectivity index (χ3n) is 3.23. The number of pyridine rings is 1. The molecule has 3 aromatic heterocycles. The Morgan fingerprint density at radius 2 is 1.84 bits per heavy atom. The lowest BCUT2D eigenvalue weighted by atomic mass is 10.3. The van der Waals surface area contributed by atoms with Crippen molar-refractivity contribution in [2.45, 2.75) is 25.9 Å². The topological polar surface area (TPSA) is 70.6 Å². The van der Waals surface area contributed by atoms with Crippen LogP contribution in [-0.2, 0) is 12.1 Å². The molecule has 0 aliphatic heterocycles. The van der Waals surface area contributed by atoms with E-state index in [2.05, 4.69) is 25.4 Å². The Morgan fingerprint density at radius 3 is 2.40 bits per heavy atom. The standard InChI is InChI=1S/C14H11F5N6/c1-7-5-10(22-8-3-4-9(20-6-8)14(17,18)19)25-12(21-7)23-11(24-25)13(2,15)16/h3-6H,1-2H3,(H,21,22,23,24)/p+1. The molecular formula is C14H12F5N6+. The number of fused-ring (bicyclic) bond motifs is 1. The molecule has 3 aromatic rings. The fourth-order valence-electron chi connectivity index (χ4n) is 2.10. The van der Waals surface area contributed by atoms with Crippen LogP contribution in [0.25, 0.3) is 5.78 Å². The van der Waals surface area contributed by atoms with Gasteiger partial charge in [-0.2, -0.15) is 22.0 Å². The first-order chi connectivity index (χ1) is 11.5. The summed E-state index contributed by atoms with van der Waals surface area (Å²) in [6.45, 7) is 2.32. The van der Waals surface area contributed by atoms with Gasteiger partial charge in [-0.1, -0.05) is 4.98 Å². The van der Waals surface area contributed by atoms with Gasteiger partial charge >= 0.3 is 17.9 Å². The molecule has 6 nitrogen and oxygen atoms in total. The molecule has 0 aliphatic carbocycles. The van der Waals surface area contributed by atoms with Gasteiger partial charge in [0.15, 0.2) is 0 Å². The van der Waals surface area contributed by atoms with Crippen LogP contribution in [0.4, 0.5) is 33.5 Å². The van der Waals surface area contributed by atoms with E-state index in [9.17, 15) is 22.0 Å². The lowest BCUT2D eigenvalue weighted by Crippen LogP contribution is -2.29. The molecule has 3 rings (SSSR count). The SMILES string of the molecule is Cc1cc(Nc2ccc(C(F)(F)F)nc2)[n+]2[nH]c(C(C)(F)F)nc2n1. The summed E-state index contributed by atoms with van der Waals surface area (Å²) >= 11 is 0. The van der Waals surface area contributed by atoms with Gasteiger partial charge in [-0.15, -0.1) is 9.50 Å². The maximum atomic E-state index is 13.4. The largest absolute Gasteiger partial charge is 0.433 e. The molecule has 0 amide bonds. The van der Waals surface area contributed by atoms with Crippen molar-refractivity contribution < 1.29 is 26.5 Å². The second kappa shape index (κ2) is 5.60. The number of alkyl halides is 5. The van der Waals surface area contributed by atoms with E-state index in [4.69, 9.17) is 0 Å². The molecule has 0 saturated carbocycles. The average molecular weight is 359 g/mol. The minimum atomic E-state index is -4.54.